The molecule has 0 aromatic carbocycles. The molecule has 0 bridgehead atoms. The van der Waals surface area contributed by atoms with Gasteiger partial charge in [-0.2, -0.15) is 11.8 Å². The molecule has 0 aliphatic rings. The van der Waals surface area contributed by atoms with Crippen LogP contribution in [0.25, 0.3) is 0 Å². The minimum Gasteiger partial charge on any atom is -0.356 e. The van der Waals surface area contributed by atoms with E-state index >= 15 is 0 Å². The lowest BCUT2D eigenvalue weighted by atomic mass is 10.3. The average Bonchev–Trinajstić information content (AvgIpc) is 2.38. The highest BCUT2D eigenvalue weighted by Crippen LogP contribution is 2.21. The summed E-state index contributed by atoms with van der Waals surface area (Å²) in [6, 6.07) is 3.04. The second-order valence-electron chi connectivity index (χ2n) is 3.89. The molecule has 1 rings (SSSR count). The zero-order valence-corrected chi connectivity index (χ0v) is 13.2. The third kappa shape index (κ3) is 6.45. The number of nitrogens with one attached hydrogen (secondary N) is 2. The molecule has 0 saturated carbocycles. The Bertz CT molecular complexity index is 486. The van der Waals surface area contributed by atoms with E-state index in [9.17, 15) is 9.59 Å². The molecule has 0 fully saturated rings. The first-order valence-corrected chi connectivity index (χ1v) is 8.05. The summed E-state index contributed by atoms with van der Waals surface area (Å²) in [6.07, 6.45) is 2.62. The highest BCUT2D eigenvalue weighted by molar-refractivity contribution is 7.98. The molecule has 0 atom stereocenters. The number of carbonyl (C=O) groups is 2. The molecule has 0 unspecified atom stereocenters. The highest BCUT2D eigenvalue weighted by atomic mass is 35.5. The largest absolute Gasteiger partial charge is 0.356 e. The minimum atomic E-state index is -0.446. The molecule has 1 heterocycles. The van der Waals surface area contributed by atoms with Gasteiger partial charge in [0.15, 0.2) is 5.15 Å². The molecule has 2 amide bonds. The third-order valence-corrected chi connectivity index (χ3v) is 3.45. The second kappa shape index (κ2) is 9.05. The van der Waals surface area contributed by atoms with E-state index in [1.165, 1.54) is 12.1 Å². The van der Waals surface area contributed by atoms with Crippen LogP contribution in [0, 0.1) is 0 Å². The number of thioether (sulfide) groups is 1. The van der Waals surface area contributed by atoms with Gasteiger partial charge in [0.1, 0.15) is 11.6 Å². The fraction of sp³-hybridized carbons (Fsp3) is 0.417. The Hall–Kier alpha value is -0.980. The molecule has 0 aliphatic carbocycles. The van der Waals surface area contributed by atoms with E-state index in [1.54, 1.807) is 11.8 Å². The maximum absolute atomic E-state index is 11.7. The molecule has 0 aliphatic heterocycles. The van der Waals surface area contributed by atoms with Gasteiger partial charge >= 0.3 is 0 Å². The molecule has 110 valence electrons. The van der Waals surface area contributed by atoms with Crippen LogP contribution in [0.2, 0.25) is 10.3 Å². The summed E-state index contributed by atoms with van der Waals surface area (Å²) >= 11 is 13.2. The number of nitrogens with zero attached hydrogens (tertiary/aromatic N) is 1. The Balaban J connectivity index is 2.37. The molecular formula is C12H15Cl2N3O2S. The van der Waals surface area contributed by atoms with Crippen molar-refractivity contribution in [3.05, 3.63) is 22.4 Å². The first-order valence-electron chi connectivity index (χ1n) is 5.90. The first kappa shape index (κ1) is 17.1. The molecule has 5 nitrogen and oxygen atoms in total. The number of aromatic nitrogens is 1. The average molecular weight is 336 g/mol. The Morgan fingerprint density at radius 1 is 1.30 bits per heavy atom. The molecule has 0 radical (unpaired) electrons. The van der Waals surface area contributed by atoms with E-state index in [4.69, 9.17) is 23.2 Å². The second-order valence-corrected chi connectivity index (χ2v) is 5.62. The summed E-state index contributed by atoms with van der Waals surface area (Å²) in [5.74, 6) is 0.207. The number of halogens is 2. The number of hydrogen-bond donors (Lipinski definition) is 2. The highest BCUT2D eigenvalue weighted by Gasteiger charge is 2.11. The monoisotopic (exact) mass is 335 g/mol. The van der Waals surface area contributed by atoms with Crippen molar-refractivity contribution < 1.29 is 9.59 Å². The number of carbonyl (C=O) groups excluding carboxylic acids is 2. The van der Waals surface area contributed by atoms with E-state index in [0.717, 1.165) is 12.2 Å². The van der Waals surface area contributed by atoms with Crippen LogP contribution >= 0.6 is 35.0 Å². The Morgan fingerprint density at radius 2 is 2.05 bits per heavy atom. The SMILES string of the molecule is CSCCCNC(=O)CC(=O)Nc1ccc(Cl)nc1Cl. The van der Waals surface area contributed by atoms with Crippen LogP contribution < -0.4 is 10.6 Å². The van der Waals surface area contributed by atoms with E-state index in [-0.39, 0.29) is 22.6 Å². The lowest BCUT2D eigenvalue weighted by molar-refractivity contribution is -0.126. The van der Waals surface area contributed by atoms with Crippen LogP contribution in [0.3, 0.4) is 0 Å². The van der Waals surface area contributed by atoms with Crippen molar-refractivity contribution in [3.8, 4) is 0 Å². The van der Waals surface area contributed by atoms with E-state index in [2.05, 4.69) is 15.6 Å². The summed E-state index contributed by atoms with van der Waals surface area (Å²) < 4.78 is 0. The number of hydrogen-bond acceptors (Lipinski definition) is 4. The number of amides is 2. The molecule has 0 saturated heterocycles. The van der Waals surface area contributed by atoms with Gasteiger partial charge in [-0.3, -0.25) is 9.59 Å². The van der Waals surface area contributed by atoms with Crippen LogP contribution in [0.1, 0.15) is 12.8 Å². The van der Waals surface area contributed by atoms with Crippen molar-refractivity contribution >= 4 is 52.5 Å². The van der Waals surface area contributed by atoms with Crippen LogP contribution in [0.5, 0.6) is 0 Å². The normalized spacial score (nSPS) is 10.2. The Kier molecular flexibility index (Phi) is 7.72. The zero-order chi connectivity index (χ0) is 15.0. The van der Waals surface area contributed by atoms with Crippen LogP contribution in [-0.2, 0) is 9.59 Å². The van der Waals surface area contributed by atoms with Crippen LogP contribution in [0.15, 0.2) is 12.1 Å². The Morgan fingerprint density at radius 3 is 2.70 bits per heavy atom. The smallest absolute Gasteiger partial charge is 0.233 e. The molecule has 1 aromatic heterocycles. The van der Waals surface area contributed by atoms with Crippen molar-refractivity contribution in [2.45, 2.75) is 12.8 Å². The molecular weight excluding hydrogens is 321 g/mol. The summed E-state index contributed by atoms with van der Waals surface area (Å²) in [5.41, 5.74) is 0.330. The molecule has 2 N–H and O–H groups in total. The maximum Gasteiger partial charge on any atom is 0.233 e. The maximum atomic E-state index is 11.7. The summed E-state index contributed by atoms with van der Waals surface area (Å²) in [4.78, 5) is 26.9. The van der Waals surface area contributed by atoms with Crippen molar-refractivity contribution in [2.24, 2.45) is 0 Å². The van der Waals surface area contributed by atoms with Crippen molar-refractivity contribution in [1.29, 1.82) is 0 Å². The quantitative estimate of drug-likeness (QED) is 0.456. The number of rotatable bonds is 7. The van der Waals surface area contributed by atoms with Gasteiger partial charge in [0.25, 0.3) is 0 Å². The molecule has 20 heavy (non-hydrogen) atoms. The number of pyridine rings is 1. The number of anilines is 1. The van der Waals surface area contributed by atoms with Gasteiger partial charge in [-0.15, -0.1) is 0 Å². The van der Waals surface area contributed by atoms with Gasteiger partial charge in [0.05, 0.1) is 5.69 Å². The van der Waals surface area contributed by atoms with Gasteiger partial charge in [0, 0.05) is 6.54 Å². The minimum absolute atomic E-state index is 0.0891. The third-order valence-electron chi connectivity index (χ3n) is 2.26. The summed E-state index contributed by atoms with van der Waals surface area (Å²) in [7, 11) is 0. The van der Waals surface area contributed by atoms with Gasteiger partial charge in [-0.1, -0.05) is 23.2 Å². The predicted octanol–water partition coefficient (Wildman–Crippen LogP) is 2.59. The zero-order valence-electron chi connectivity index (χ0n) is 10.9. The van der Waals surface area contributed by atoms with Gasteiger partial charge in [-0.25, -0.2) is 4.98 Å². The lowest BCUT2D eigenvalue weighted by Crippen LogP contribution is -2.29. The Labute approximate surface area is 131 Å². The lowest BCUT2D eigenvalue weighted by Gasteiger charge is -2.07. The fourth-order valence-electron chi connectivity index (χ4n) is 1.35. The summed E-state index contributed by atoms with van der Waals surface area (Å²) in [6.45, 7) is 0.566. The summed E-state index contributed by atoms with van der Waals surface area (Å²) in [5, 5.41) is 5.51. The van der Waals surface area contributed by atoms with Crippen LogP contribution in [0.4, 0.5) is 5.69 Å². The molecule has 0 spiro atoms. The molecule has 8 heteroatoms. The first-order chi connectivity index (χ1) is 9.52. The van der Waals surface area contributed by atoms with Crippen molar-refractivity contribution in [2.75, 3.05) is 23.9 Å². The van der Waals surface area contributed by atoms with Crippen molar-refractivity contribution in [3.63, 3.8) is 0 Å². The van der Waals surface area contributed by atoms with Gasteiger partial charge < -0.3 is 10.6 Å². The van der Waals surface area contributed by atoms with Crippen molar-refractivity contribution in [1.82, 2.24) is 10.3 Å². The van der Waals surface area contributed by atoms with Gasteiger partial charge in [-0.05, 0) is 30.6 Å². The van der Waals surface area contributed by atoms with Gasteiger partial charge in [0.2, 0.25) is 11.8 Å². The van der Waals surface area contributed by atoms with E-state index < -0.39 is 5.91 Å². The molecule has 1 aromatic rings. The standard InChI is InChI=1S/C12H15Cl2N3O2S/c1-20-6-2-5-15-10(18)7-11(19)16-8-3-4-9(13)17-12(8)14/h3-4H,2,5-7H2,1H3,(H,15,18)(H,16,19). The van der Waals surface area contributed by atoms with Crippen LogP contribution in [-0.4, -0.2) is 35.4 Å². The predicted molar refractivity (Wildman–Crippen MR) is 83.5 cm³/mol. The fourth-order valence-corrected chi connectivity index (χ4v) is 2.18. The topological polar surface area (TPSA) is 71.1 Å². The van der Waals surface area contributed by atoms with E-state index in [0.29, 0.717) is 12.2 Å². The van der Waals surface area contributed by atoms with E-state index in [1.807, 2.05) is 6.26 Å².